The molecule has 4 rings (SSSR count). The highest BCUT2D eigenvalue weighted by Crippen LogP contribution is 2.29. The molecule has 0 saturated carbocycles. The molecule has 0 spiro atoms. The van der Waals surface area contributed by atoms with Crippen LogP contribution in [0.4, 0.5) is 19.1 Å². The Morgan fingerprint density at radius 3 is 2.77 bits per heavy atom. The fraction of sp³-hybridized carbons (Fsp3) is 0.364. The summed E-state index contributed by atoms with van der Waals surface area (Å²) in [6, 6.07) is 5.02. The molecule has 0 fully saturated rings. The third-order valence-corrected chi connectivity index (χ3v) is 5.27. The largest absolute Gasteiger partial charge is 0.416 e. The molecule has 1 unspecified atom stereocenters. The van der Waals surface area contributed by atoms with Crippen molar-refractivity contribution in [3.05, 3.63) is 58.1 Å². The van der Waals surface area contributed by atoms with Crippen molar-refractivity contribution in [3.8, 4) is 11.4 Å². The first-order valence-electron chi connectivity index (χ1n) is 10.9. The Hall–Kier alpha value is -3.71. The fourth-order valence-electron chi connectivity index (χ4n) is 3.57. The zero-order chi connectivity index (χ0) is 25.2. The van der Waals surface area contributed by atoms with Gasteiger partial charge < -0.3 is 20.5 Å². The van der Waals surface area contributed by atoms with E-state index in [1.807, 2.05) is 6.92 Å². The van der Waals surface area contributed by atoms with Crippen LogP contribution in [0.1, 0.15) is 24.5 Å². The molecule has 186 valence electrons. The monoisotopic (exact) mass is 491 g/mol. The number of anilines is 1. The number of aromatic amines is 1. The Morgan fingerprint density at radius 2 is 2.06 bits per heavy atom. The average molecular weight is 491 g/mol. The van der Waals surface area contributed by atoms with E-state index >= 15 is 0 Å². The van der Waals surface area contributed by atoms with E-state index in [0.717, 1.165) is 12.1 Å². The minimum Gasteiger partial charge on any atom is -0.394 e. The molecule has 0 bridgehead atoms. The molecule has 1 atom stereocenters. The van der Waals surface area contributed by atoms with Gasteiger partial charge in [0.15, 0.2) is 11.2 Å². The highest BCUT2D eigenvalue weighted by molar-refractivity contribution is 5.75. The number of H-pyrrole nitrogens is 1. The SMILES string of the molecule is CCCn1c(NCC(O)CO)nc2nc(-c3cnn(Cc4cccc(C(F)(F)F)c4)c3)[nH]c2c1=O. The number of hydrogen-bond acceptors (Lipinski definition) is 7. The molecular formula is C22H24F3N7O3. The van der Waals surface area contributed by atoms with Gasteiger partial charge in [-0.05, 0) is 24.1 Å². The summed E-state index contributed by atoms with van der Waals surface area (Å²) in [4.78, 5) is 24.8. The molecular weight excluding hydrogens is 467 g/mol. The van der Waals surface area contributed by atoms with Gasteiger partial charge in [0.1, 0.15) is 5.82 Å². The van der Waals surface area contributed by atoms with Gasteiger partial charge >= 0.3 is 6.18 Å². The molecule has 3 heterocycles. The van der Waals surface area contributed by atoms with E-state index in [9.17, 15) is 23.1 Å². The molecule has 4 aromatic rings. The summed E-state index contributed by atoms with van der Waals surface area (Å²) >= 11 is 0. The first-order valence-corrected chi connectivity index (χ1v) is 10.9. The normalized spacial score (nSPS) is 12.9. The van der Waals surface area contributed by atoms with E-state index in [0.29, 0.717) is 29.9 Å². The number of aliphatic hydroxyl groups is 2. The number of aliphatic hydroxyl groups excluding tert-OH is 2. The van der Waals surface area contributed by atoms with Crippen molar-refractivity contribution < 1.29 is 23.4 Å². The lowest BCUT2D eigenvalue weighted by atomic mass is 10.1. The van der Waals surface area contributed by atoms with Crippen molar-refractivity contribution >= 4 is 17.1 Å². The van der Waals surface area contributed by atoms with Crippen LogP contribution in [0.15, 0.2) is 41.5 Å². The highest BCUT2D eigenvalue weighted by Gasteiger charge is 2.30. The van der Waals surface area contributed by atoms with Gasteiger partial charge in [-0.3, -0.25) is 14.0 Å². The Balaban J connectivity index is 1.62. The van der Waals surface area contributed by atoms with Crippen LogP contribution in [0.5, 0.6) is 0 Å². The van der Waals surface area contributed by atoms with Gasteiger partial charge in [-0.1, -0.05) is 19.1 Å². The van der Waals surface area contributed by atoms with Gasteiger partial charge in [0.25, 0.3) is 5.56 Å². The Morgan fingerprint density at radius 1 is 1.26 bits per heavy atom. The minimum absolute atomic E-state index is 0.00223. The quantitative estimate of drug-likeness (QED) is 0.282. The highest BCUT2D eigenvalue weighted by atomic mass is 19.4. The van der Waals surface area contributed by atoms with Crippen molar-refractivity contribution in [3.63, 3.8) is 0 Å². The Bertz CT molecular complexity index is 1380. The maximum Gasteiger partial charge on any atom is 0.416 e. The topological polar surface area (TPSA) is 134 Å². The number of alkyl halides is 3. The van der Waals surface area contributed by atoms with Crippen LogP contribution in [0.2, 0.25) is 0 Å². The number of halogens is 3. The third kappa shape index (κ3) is 5.35. The third-order valence-electron chi connectivity index (χ3n) is 5.27. The summed E-state index contributed by atoms with van der Waals surface area (Å²) in [6.45, 7) is 1.96. The first-order chi connectivity index (χ1) is 16.7. The number of aromatic nitrogens is 6. The number of hydrogen-bond donors (Lipinski definition) is 4. The molecule has 0 aliphatic heterocycles. The number of rotatable bonds is 9. The zero-order valence-electron chi connectivity index (χ0n) is 18.7. The molecule has 13 heteroatoms. The number of nitrogens with zero attached hydrogens (tertiary/aromatic N) is 5. The average Bonchev–Trinajstić information content (AvgIpc) is 3.46. The van der Waals surface area contributed by atoms with E-state index in [1.165, 1.54) is 21.5 Å². The van der Waals surface area contributed by atoms with Crippen LogP contribution < -0.4 is 10.9 Å². The molecule has 35 heavy (non-hydrogen) atoms. The first kappa shape index (κ1) is 24.4. The van der Waals surface area contributed by atoms with Crippen LogP contribution in [0.3, 0.4) is 0 Å². The fourth-order valence-corrected chi connectivity index (χ4v) is 3.57. The predicted octanol–water partition coefficient (Wildman–Crippen LogP) is 2.23. The van der Waals surface area contributed by atoms with Gasteiger partial charge in [0.05, 0.1) is 36.6 Å². The van der Waals surface area contributed by atoms with E-state index < -0.39 is 24.5 Å². The number of fused-ring (bicyclic) bond motifs is 1. The van der Waals surface area contributed by atoms with Gasteiger partial charge in [-0.15, -0.1) is 0 Å². The zero-order valence-corrected chi connectivity index (χ0v) is 18.7. The van der Waals surface area contributed by atoms with E-state index in [-0.39, 0.29) is 35.8 Å². The molecule has 0 radical (unpaired) electrons. The van der Waals surface area contributed by atoms with Crippen LogP contribution >= 0.6 is 0 Å². The summed E-state index contributed by atoms with van der Waals surface area (Å²) in [5.74, 6) is 0.547. The lowest BCUT2D eigenvalue weighted by molar-refractivity contribution is -0.137. The maximum absolute atomic E-state index is 13.0. The summed E-state index contributed by atoms with van der Waals surface area (Å²) in [6.07, 6.45) is -1.68. The van der Waals surface area contributed by atoms with Crippen LogP contribution in [0, 0.1) is 0 Å². The van der Waals surface area contributed by atoms with Crippen molar-refractivity contribution in [2.75, 3.05) is 18.5 Å². The van der Waals surface area contributed by atoms with Crippen molar-refractivity contribution in [1.29, 1.82) is 0 Å². The van der Waals surface area contributed by atoms with Crippen molar-refractivity contribution in [2.24, 2.45) is 0 Å². The second kappa shape index (κ2) is 9.88. The lowest BCUT2D eigenvalue weighted by Gasteiger charge is -2.14. The second-order valence-electron chi connectivity index (χ2n) is 8.02. The second-order valence-corrected chi connectivity index (χ2v) is 8.02. The standard InChI is InChI=1S/C22H24F3N7O3/c1-2-6-32-20(35)17-19(30-21(32)26-9-16(34)12-33)29-18(28-17)14-8-27-31(11-14)10-13-4-3-5-15(7-13)22(23,24)25/h3-5,7-8,11,16,33-34H,2,6,9-10,12H2,1H3,(H,26,30)(H,28,29). The molecule has 0 saturated heterocycles. The smallest absolute Gasteiger partial charge is 0.394 e. The summed E-state index contributed by atoms with van der Waals surface area (Å²) in [5.41, 5.74) is 0.222. The van der Waals surface area contributed by atoms with Crippen LogP contribution in [0.25, 0.3) is 22.6 Å². The van der Waals surface area contributed by atoms with Crippen molar-refractivity contribution in [1.82, 2.24) is 29.3 Å². The maximum atomic E-state index is 13.0. The molecule has 0 aliphatic rings. The molecule has 3 aromatic heterocycles. The summed E-state index contributed by atoms with van der Waals surface area (Å²) in [5, 5.41) is 25.7. The molecule has 4 N–H and O–H groups in total. The van der Waals surface area contributed by atoms with Gasteiger partial charge in [-0.2, -0.15) is 23.3 Å². The number of imidazole rings is 1. The van der Waals surface area contributed by atoms with Gasteiger partial charge in [0, 0.05) is 19.3 Å². The van der Waals surface area contributed by atoms with Gasteiger partial charge in [0.2, 0.25) is 5.95 Å². The van der Waals surface area contributed by atoms with Crippen molar-refractivity contribution in [2.45, 2.75) is 38.7 Å². The minimum atomic E-state index is -4.43. The lowest BCUT2D eigenvalue weighted by Crippen LogP contribution is -2.29. The van der Waals surface area contributed by atoms with Gasteiger partial charge in [-0.25, -0.2) is 4.98 Å². The number of nitrogens with one attached hydrogen (secondary N) is 2. The van der Waals surface area contributed by atoms with E-state index in [4.69, 9.17) is 5.11 Å². The van der Waals surface area contributed by atoms with E-state index in [1.54, 1.807) is 12.3 Å². The Labute approximate surface area is 197 Å². The number of benzene rings is 1. The van der Waals surface area contributed by atoms with E-state index in [2.05, 4.69) is 25.4 Å². The molecule has 0 aliphatic carbocycles. The molecule has 10 nitrogen and oxygen atoms in total. The molecule has 0 amide bonds. The predicted molar refractivity (Wildman–Crippen MR) is 122 cm³/mol. The summed E-state index contributed by atoms with van der Waals surface area (Å²) in [7, 11) is 0. The van der Waals surface area contributed by atoms with Crippen LogP contribution in [-0.4, -0.2) is 58.8 Å². The van der Waals surface area contributed by atoms with Crippen LogP contribution in [-0.2, 0) is 19.3 Å². The molecule has 1 aromatic carbocycles. The summed E-state index contributed by atoms with van der Waals surface area (Å²) < 4.78 is 41.8. The Kier molecular flexibility index (Phi) is 6.89.